The van der Waals surface area contributed by atoms with Crippen LogP contribution in [0.15, 0.2) is 54.7 Å². The van der Waals surface area contributed by atoms with E-state index in [0.717, 1.165) is 64.4 Å². The van der Waals surface area contributed by atoms with E-state index in [2.05, 4.69) is 37.4 Å². The van der Waals surface area contributed by atoms with Gasteiger partial charge >= 0.3 is 12.2 Å². The number of benzene rings is 2. The van der Waals surface area contributed by atoms with Gasteiger partial charge in [0, 0.05) is 29.6 Å². The molecule has 5 heterocycles. The van der Waals surface area contributed by atoms with Gasteiger partial charge in [-0.15, -0.1) is 0 Å². The molecule has 5 aromatic rings. The van der Waals surface area contributed by atoms with E-state index in [0.29, 0.717) is 30.4 Å². The Labute approximate surface area is 336 Å². The number of H-pyrrole nitrogens is 2. The Balaban J connectivity index is 1.04. The lowest BCUT2D eigenvalue weighted by molar-refractivity contribution is -0.136. The second kappa shape index (κ2) is 17.0. The number of methoxy groups -OCH3 is 2. The molecule has 4 atom stereocenters. The summed E-state index contributed by atoms with van der Waals surface area (Å²) in [5.74, 6) is 7.30. The summed E-state index contributed by atoms with van der Waals surface area (Å²) < 4.78 is 9.51. The van der Waals surface area contributed by atoms with E-state index in [1.807, 2.05) is 76.2 Å². The maximum absolute atomic E-state index is 13.6. The number of imidazole rings is 2. The molecule has 0 saturated carbocycles. The molecule has 3 aromatic heterocycles. The van der Waals surface area contributed by atoms with Crippen LogP contribution in [0.5, 0.6) is 0 Å². The number of likely N-dealkylation sites (tertiary alicyclic amines) is 2. The molecule has 302 valence electrons. The van der Waals surface area contributed by atoms with Crippen LogP contribution >= 0.6 is 0 Å². The summed E-state index contributed by atoms with van der Waals surface area (Å²) in [6.07, 6.45) is 3.72. The molecule has 15 heteroatoms. The number of carbonyl (C=O) groups excluding carboxylic acids is 4. The standard InChI is InChI=1S/C43H49N9O6/c1-24(2)36(49-42(55)57-5)40(53)51-19-7-9-34(51)38-44-23-33(48-38)28-14-18-30-27(22-28)13-16-29(45-30)15-11-26-12-17-31-32(21-26)47-39(46-31)35-10-8-20-52(35)41(54)37(25(3)4)50-43(56)58-6/h12-14,16-18,21-25,34-37H,7-10,19-20H2,1-6H3,(H,44,48)(H,46,47)(H,49,55)(H,50,56)/t34-,35-,36-,37-/m0/s1. The molecular weight excluding hydrogens is 739 g/mol. The van der Waals surface area contributed by atoms with Crippen LogP contribution in [0.1, 0.15) is 88.4 Å². The number of pyridine rings is 1. The lowest BCUT2D eigenvalue weighted by Crippen LogP contribution is -2.51. The minimum atomic E-state index is -0.703. The van der Waals surface area contributed by atoms with Crippen molar-refractivity contribution >= 4 is 45.9 Å². The topological polar surface area (TPSA) is 188 Å². The normalized spacial score (nSPS) is 17.7. The summed E-state index contributed by atoms with van der Waals surface area (Å²) in [5.41, 5.74) is 5.57. The van der Waals surface area contributed by atoms with E-state index < -0.39 is 24.3 Å². The maximum Gasteiger partial charge on any atom is 0.407 e. The summed E-state index contributed by atoms with van der Waals surface area (Å²) in [5, 5.41) is 6.32. The Morgan fingerprint density at radius 1 is 0.741 bits per heavy atom. The van der Waals surface area contributed by atoms with Crippen LogP contribution in [0.3, 0.4) is 0 Å². The third-order valence-electron chi connectivity index (χ3n) is 10.9. The Morgan fingerprint density at radius 3 is 1.98 bits per heavy atom. The van der Waals surface area contributed by atoms with Crippen molar-refractivity contribution in [3.05, 3.63) is 77.6 Å². The number of carbonyl (C=O) groups is 4. The SMILES string of the molecule is COC(=O)N[C@H](C(=O)N1CCC[C@H]1c1ncc(-c2ccc3nc(C#Cc4ccc5nc([C@@H]6CCCN6C(=O)[C@@H](NC(=O)OC)C(C)C)[nH]c5c4)ccc3c2)[nH]1)C(C)C. The second-order valence-corrected chi connectivity index (χ2v) is 15.5. The third-order valence-corrected chi connectivity index (χ3v) is 10.9. The third kappa shape index (κ3) is 8.32. The van der Waals surface area contributed by atoms with Crippen molar-refractivity contribution in [2.75, 3.05) is 27.3 Å². The van der Waals surface area contributed by atoms with Gasteiger partial charge < -0.3 is 39.9 Å². The van der Waals surface area contributed by atoms with Crippen molar-refractivity contribution in [2.45, 2.75) is 77.5 Å². The highest BCUT2D eigenvalue weighted by Crippen LogP contribution is 2.34. The van der Waals surface area contributed by atoms with Gasteiger partial charge in [0.05, 0.1) is 54.7 Å². The first-order valence-corrected chi connectivity index (χ1v) is 19.7. The minimum Gasteiger partial charge on any atom is -0.453 e. The maximum atomic E-state index is 13.6. The van der Waals surface area contributed by atoms with Gasteiger partial charge in [-0.3, -0.25) is 9.59 Å². The van der Waals surface area contributed by atoms with Crippen molar-refractivity contribution < 1.29 is 28.7 Å². The second-order valence-electron chi connectivity index (χ2n) is 15.5. The van der Waals surface area contributed by atoms with Crippen molar-refractivity contribution in [3.8, 4) is 23.1 Å². The molecule has 0 bridgehead atoms. The van der Waals surface area contributed by atoms with Gasteiger partial charge in [0.15, 0.2) is 0 Å². The first kappa shape index (κ1) is 39.8. The molecule has 2 aliphatic rings. The van der Waals surface area contributed by atoms with Crippen LogP contribution < -0.4 is 10.6 Å². The van der Waals surface area contributed by atoms with Crippen LogP contribution in [-0.2, 0) is 19.1 Å². The van der Waals surface area contributed by atoms with E-state index in [1.54, 1.807) is 16.0 Å². The average molecular weight is 788 g/mol. The van der Waals surface area contributed by atoms with E-state index in [9.17, 15) is 19.2 Å². The highest BCUT2D eigenvalue weighted by atomic mass is 16.5. The molecule has 2 aliphatic heterocycles. The number of hydrogen-bond acceptors (Lipinski definition) is 9. The molecule has 2 aromatic carbocycles. The average Bonchev–Trinajstić information content (AvgIpc) is 4.06. The summed E-state index contributed by atoms with van der Waals surface area (Å²) in [4.78, 5) is 75.8. The lowest BCUT2D eigenvalue weighted by atomic mass is 10.0. The summed E-state index contributed by atoms with van der Waals surface area (Å²) in [6, 6.07) is 13.8. The Bertz CT molecular complexity index is 2410. The molecule has 7 rings (SSSR count). The predicted molar refractivity (Wildman–Crippen MR) is 217 cm³/mol. The van der Waals surface area contributed by atoms with Gasteiger partial charge in [-0.25, -0.2) is 24.5 Å². The van der Waals surface area contributed by atoms with Crippen LogP contribution in [0.25, 0.3) is 33.2 Å². The van der Waals surface area contributed by atoms with E-state index >= 15 is 0 Å². The first-order valence-electron chi connectivity index (χ1n) is 19.7. The number of ether oxygens (including phenoxy) is 2. The van der Waals surface area contributed by atoms with Crippen molar-refractivity contribution in [1.82, 2.24) is 45.4 Å². The van der Waals surface area contributed by atoms with Gasteiger partial charge in [0.2, 0.25) is 11.8 Å². The number of aromatic nitrogens is 5. The minimum absolute atomic E-state index is 0.115. The first-order chi connectivity index (χ1) is 27.9. The largest absolute Gasteiger partial charge is 0.453 e. The molecule has 2 fully saturated rings. The monoisotopic (exact) mass is 787 g/mol. The summed E-state index contributed by atoms with van der Waals surface area (Å²) in [7, 11) is 2.57. The molecule has 0 aliphatic carbocycles. The van der Waals surface area contributed by atoms with E-state index in [1.165, 1.54) is 14.2 Å². The summed E-state index contributed by atoms with van der Waals surface area (Å²) in [6.45, 7) is 8.74. The van der Waals surface area contributed by atoms with Crippen molar-refractivity contribution in [1.29, 1.82) is 0 Å². The van der Waals surface area contributed by atoms with Crippen molar-refractivity contribution in [3.63, 3.8) is 0 Å². The van der Waals surface area contributed by atoms with Crippen LogP contribution in [0, 0.1) is 23.7 Å². The smallest absolute Gasteiger partial charge is 0.407 e. The fourth-order valence-corrected chi connectivity index (χ4v) is 7.80. The Hall–Kier alpha value is -6.43. The van der Waals surface area contributed by atoms with E-state index in [-0.39, 0.29) is 35.7 Å². The molecule has 0 spiro atoms. The Kier molecular flexibility index (Phi) is 11.6. The zero-order valence-electron chi connectivity index (χ0n) is 33.6. The quantitative estimate of drug-likeness (QED) is 0.130. The Morgan fingerprint density at radius 2 is 1.36 bits per heavy atom. The van der Waals surface area contributed by atoms with Crippen molar-refractivity contribution in [2.24, 2.45) is 11.8 Å². The van der Waals surface area contributed by atoms with Crippen LogP contribution in [0.4, 0.5) is 9.59 Å². The van der Waals surface area contributed by atoms with Gasteiger partial charge in [0.25, 0.3) is 0 Å². The predicted octanol–water partition coefficient (Wildman–Crippen LogP) is 5.99. The number of aromatic amines is 2. The molecule has 15 nitrogen and oxygen atoms in total. The van der Waals surface area contributed by atoms with Crippen LogP contribution in [0.2, 0.25) is 0 Å². The van der Waals surface area contributed by atoms with Gasteiger partial charge in [0.1, 0.15) is 29.4 Å². The lowest BCUT2D eigenvalue weighted by Gasteiger charge is -2.30. The number of rotatable bonds is 9. The molecule has 4 amide bonds. The molecule has 0 unspecified atom stereocenters. The molecule has 0 radical (unpaired) electrons. The zero-order valence-corrected chi connectivity index (χ0v) is 33.6. The summed E-state index contributed by atoms with van der Waals surface area (Å²) >= 11 is 0. The number of nitrogens with one attached hydrogen (secondary N) is 4. The number of fused-ring (bicyclic) bond motifs is 2. The molecule has 58 heavy (non-hydrogen) atoms. The fraction of sp³-hybridized carbons (Fsp3) is 0.419. The van der Waals surface area contributed by atoms with Gasteiger partial charge in [-0.2, -0.15) is 0 Å². The van der Waals surface area contributed by atoms with Gasteiger partial charge in [-0.1, -0.05) is 39.7 Å². The number of hydrogen-bond donors (Lipinski definition) is 4. The van der Waals surface area contributed by atoms with Crippen LogP contribution in [-0.4, -0.2) is 98.1 Å². The molecular formula is C43H49N9O6. The number of alkyl carbamates (subject to hydrolysis) is 2. The molecule has 4 N–H and O–H groups in total. The zero-order chi connectivity index (χ0) is 41.1. The molecule has 2 saturated heterocycles. The highest BCUT2D eigenvalue weighted by molar-refractivity contribution is 5.88. The van der Waals surface area contributed by atoms with E-state index in [4.69, 9.17) is 19.4 Å². The number of amides is 4. The number of nitrogens with zero attached hydrogens (tertiary/aromatic N) is 5. The fourth-order valence-electron chi connectivity index (χ4n) is 7.80. The van der Waals surface area contributed by atoms with Gasteiger partial charge in [-0.05, 0) is 85.9 Å². The highest BCUT2D eigenvalue weighted by Gasteiger charge is 2.39.